The number of fused-ring (bicyclic) bond motifs is 1. The first-order valence-electron chi connectivity index (χ1n) is 12.8. The van der Waals surface area contributed by atoms with Crippen LogP contribution in [0.1, 0.15) is 17.4 Å². The van der Waals surface area contributed by atoms with Crippen molar-refractivity contribution >= 4 is 79.4 Å². The fourth-order valence-corrected chi connectivity index (χ4v) is 5.75. The molecule has 0 aliphatic carbocycles. The second-order valence-electron chi connectivity index (χ2n) is 8.85. The van der Waals surface area contributed by atoms with E-state index in [0.717, 1.165) is 10.6 Å². The number of pyridine rings is 1. The van der Waals surface area contributed by atoms with Gasteiger partial charge in [0.25, 0.3) is 15.2 Å². The van der Waals surface area contributed by atoms with Crippen molar-refractivity contribution in [3.05, 3.63) is 80.0 Å². The molecule has 0 spiro atoms. The van der Waals surface area contributed by atoms with Crippen LogP contribution in [0.25, 0.3) is 16.9 Å². The lowest BCUT2D eigenvalue weighted by Gasteiger charge is -2.11. The summed E-state index contributed by atoms with van der Waals surface area (Å²) in [5.41, 5.74) is 5.68. The maximum Gasteiger partial charge on any atom is 0.358 e. The number of nitrogens with two attached hydrogens (primary N) is 1. The summed E-state index contributed by atoms with van der Waals surface area (Å²) in [5, 5.41) is 3.45. The number of nitrogens with zero attached hydrogens (tertiary/aromatic N) is 5. The third kappa shape index (κ3) is 7.68. The zero-order valence-electron chi connectivity index (χ0n) is 24.2. The number of aromatic nitrogens is 5. The van der Waals surface area contributed by atoms with E-state index in [4.69, 9.17) is 61.6 Å². The number of hydrogen-bond acceptors (Lipinski definition) is 11. The number of sulfonamides is 1. The van der Waals surface area contributed by atoms with E-state index >= 15 is 0 Å². The second-order valence-corrected chi connectivity index (χ2v) is 12.0. The Bertz CT molecular complexity index is 2080. The number of carbonyl (C=O) groups is 1. The maximum absolute atomic E-state index is 14.4. The Morgan fingerprint density at radius 2 is 1.68 bits per heavy atom. The Labute approximate surface area is 285 Å². The SMILES string of the molecule is CCOc1nc(F)cc2nc(S(=O)(=O)Nc3c(Cl)cccc3Cl)nn12.COC(=O)c1nc(-c2ccc(Cl)c(OC)c2F)cc(N)c1Cl. The van der Waals surface area contributed by atoms with Crippen molar-refractivity contribution in [2.45, 2.75) is 12.1 Å². The van der Waals surface area contributed by atoms with Crippen LogP contribution in [-0.2, 0) is 14.8 Å². The average Bonchev–Trinajstić information content (AvgIpc) is 3.46. The number of rotatable bonds is 8. The van der Waals surface area contributed by atoms with E-state index in [-0.39, 0.29) is 72.4 Å². The molecular formula is C27H21Cl4F2N7O6S. The molecule has 0 saturated carbocycles. The van der Waals surface area contributed by atoms with Gasteiger partial charge in [-0.2, -0.15) is 27.3 Å². The van der Waals surface area contributed by atoms with Crippen LogP contribution in [0.2, 0.25) is 20.1 Å². The Morgan fingerprint density at radius 1 is 1.00 bits per heavy atom. The molecule has 3 N–H and O–H groups in total. The zero-order valence-corrected chi connectivity index (χ0v) is 28.0. The molecule has 0 aliphatic heterocycles. The van der Waals surface area contributed by atoms with E-state index in [9.17, 15) is 22.0 Å². The van der Waals surface area contributed by atoms with Crippen molar-refractivity contribution in [3.63, 3.8) is 0 Å². The molecule has 2 aromatic carbocycles. The van der Waals surface area contributed by atoms with Crippen LogP contribution < -0.4 is 19.9 Å². The minimum absolute atomic E-state index is 0.0148. The smallest absolute Gasteiger partial charge is 0.358 e. The first kappa shape index (κ1) is 35.6. The predicted octanol–water partition coefficient (Wildman–Crippen LogP) is 6.34. The lowest BCUT2D eigenvalue weighted by atomic mass is 10.1. The standard InChI is InChI=1S/C14H11Cl2FN2O3.C13H10Cl2FN5O3S/c1-21-13-7(15)4-3-6(11(13)17)9-5-8(18)10(16)12(19-9)14(20)22-2;1-2-24-13-17-9(16)6-10-18-12(19-21(10)13)25(22,23)20-11-7(14)4-3-5-8(11)15/h3-5H,1-2H3,(H2,18,19);3-6,20H,2H2,1H3. The molecule has 5 rings (SSSR count). The van der Waals surface area contributed by atoms with Gasteiger partial charge in [0.05, 0.1) is 58.0 Å². The molecule has 0 amide bonds. The molecule has 20 heteroatoms. The van der Waals surface area contributed by atoms with Gasteiger partial charge < -0.3 is 19.9 Å². The first-order valence-corrected chi connectivity index (χ1v) is 15.8. The highest BCUT2D eigenvalue weighted by molar-refractivity contribution is 7.92. The van der Waals surface area contributed by atoms with Crippen LogP contribution in [0.4, 0.5) is 20.2 Å². The molecule has 248 valence electrons. The van der Waals surface area contributed by atoms with Crippen molar-refractivity contribution in [1.82, 2.24) is 24.6 Å². The summed E-state index contributed by atoms with van der Waals surface area (Å²) in [6, 6.07) is 9.40. The molecule has 3 aromatic heterocycles. The predicted molar refractivity (Wildman–Crippen MR) is 171 cm³/mol. The van der Waals surface area contributed by atoms with Crippen LogP contribution in [0.15, 0.2) is 47.6 Å². The van der Waals surface area contributed by atoms with E-state index in [1.54, 1.807) is 13.0 Å². The topological polar surface area (TPSA) is 173 Å². The van der Waals surface area contributed by atoms with Crippen molar-refractivity contribution < 1.29 is 36.2 Å². The number of carbonyl (C=O) groups excluding carboxylic acids is 1. The number of esters is 1. The van der Waals surface area contributed by atoms with E-state index in [0.29, 0.717) is 0 Å². The number of nitrogens with one attached hydrogen (secondary N) is 1. The molecular weight excluding hydrogens is 730 g/mol. The van der Waals surface area contributed by atoms with Gasteiger partial charge in [0.1, 0.15) is 0 Å². The van der Waals surface area contributed by atoms with Crippen molar-refractivity contribution in [2.24, 2.45) is 0 Å². The van der Waals surface area contributed by atoms with Gasteiger partial charge in [0.15, 0.2) is 22.9 Å². The Kier molecular flexibility index (Phi) is 11.1. The molecule has 0 unspecified atom stereocenters. The van der Waals surface area contributed by atoms with Crippen molar-refractivity contribution in [3.8, 4) is 23.0 Å². The average molecular weight is 751 g/mol. The van der Waals surface area contributed by atoms with Crippen molar-refractivity contribution in [2.75, 3.05) is 31.3 Å². The van der Waals surface area contributed by atoms with Gasteiger partial charge in [-0.05, 0) is 37.3 Å². The minimum Gasteiger partial charge on any atom is -0.492 e. The normalized spacial score (nSPS) is 11.1. The lowest BCUT2D eigenvalue weighted by molar-refractivity contribution is 0.0594. The number of benzene rings is 2. The number of hydrogen-bond donors (Lipinski definition) is 2. The minimum atomic E-state index is -4.23. The molecule has 5 aromatic rings. The molecule has 47 heavy (non-hydrogen) atoms. The summed E-state index contributed by atoms with van der Waals surface area (Å²) in [6.07, 6.45) is 0. The van der Waals surface area contributed by atoms with E-state index in [2.05, 4.69) is 29.5 Å². The summed E-state index contributed by atoms with van der Waals surface area (Å²) in [5.74, 6) is -2.51. The summed E-state index contributed by atoms with van der Waals surface area (Å²) >= 11 is 23.7. The van der Waals surface area contributed by atoms with Gasteiger partial charge in [-0.3, -0.25) is 4.72 Å². The van der Waals surface area contributed by atoms with Crippen molar-refractivity contribution in [1.29, 1.82) is 0 Å². The quantitative estimate of drug-likeness (QED) is 0.134. The highest BCUT2D eigenvalue weighted by atomic mass is 35.5. The Balaban J connectivity index is 0.000000215. The highest BCUT2D eigenvalue weighted by Gasteiger charge is 2.25. The van der Waals surface area contributed by atoms with Gasteiger partial charge in [0, 0.05) is 11.6 Å². The Morgan fingerprint density at radius 3 is 2.30 bits per heavy atom. The number of ether oxygens (including phenoxy) is 3. The molecule has 0 radical (unpaired) electrons. The molecule has 0 bridgehead atoms. The maximum atomic E-state index is 14.4. The lowest BCUT2D eigenvalue weighted by Crippen LogP contribution is -2.15. The van der Waals surface area contributed by atoms with Gasteiger partial charge in [0.2, 0.25) is 5.95 Å². The fourth-order valence-electron chi connectivity index (χ4n) is 3.76. The summed E-state index contributed by atoms with van der Waals surface area (Å²) < 4.78 is 70.8. The third-order valence-corrected chi connectivity index (χ3v) is 8.30. The van der Waals surface area contributed by atoms with Gasteiger partial charge in [-0.15, -0.1) is 5.10 Å². The summed E-state index contributed by atoms with van der Waals surface area (Å²) in [7, 11) is -1.77. The molecule has 3 heterocycles. The van der Waals surface area contributed by atoms with Crippen LogP contribution in [0, 0.1) is 11.8 Å². The zero-order chi connectivity index (χ0) is 34.6. The third-order valence-electron chi connectivity index (χ3n) is 5.85. The first-order chi connectivity index (χ1) is 22.2. The van der Waals surface area contributed by atoms with Gasteiger partial charge >= 0.3 is 12.0 Å². The van der Waals surface area contributed by atoms with Crippen LogP contribution >= 0.6 is 46.4 Å². The Hall–Kier alpha value is -4.22. The monoisotopic (exact) mass is 749 g/mol. The molecule has 0 fully saturated rings. The number of para-hydroxylation sites is 1. The van der Waals surface area contributed by atoms with Crippen LogP contribution in [-0.4, -0.2) is 59.8 Å². The van der Waals surface area contributed by atoms with Gasteiger partial charge in [-0.25, -0.2) is 14.2 Å². The second kappa shape index (κ2) is 14.7. The number of anilines is 2. The summed E-state index contributed by atoms with van der Waals surface area (Å²) in [4.78, 5) is 23.0. The summed E-state index contributed by atoms with van der Waals surface area (Å²) in [6.45, 7) is 1.84. The van der Waals surface area contributed by atoms with Crippen LogP contribution in [0.5, 0.6) is 11.8 Å². The fraction of sp³-hybridized carbons (Fsp3) is 0.148. The van der Waals surface area contributed by atoms with E-state index in [1.165, 1.54) is 44.6 Å². The van der Waals surface area contributed by atoms with Crippen LogP contribution in [0.3, 0.4) is 0 Å². The molecule has 0 aliphatic rings. The molecule has 13 nitrogen and oxygen atoms in total. The largest absolute Gasteiger partial charge is 0.492 e. The van der Waals surface area contributed by atoms with Gasteiger partial charge in [-0.1, -0.05) is 52.5 Å². The number of halogens is 6. The van der Waals surface area contributed by atoms with E-state index in [1.807, 2.05) is 0 Å². The molecule has 0 saturated heterocycles. The number of methoxy groups -OCH3 is 2. The number of nitrogen functional groups attached to an aromatic ring is 1. The van der Waals surface area contributed by atoms with E-state index < -0.39 is 32.9 Å². The highest BCUT2D eigenvalue weighted by Crippen LogP contribution is 2.36. The molecule has 0 atom stereocenters.